The minimum Gasteiger partial charge on any atom is -0.497 e. The third-order valence-electron chi connectivity index (χ3n) is 5.71. The van der Waals surface area contributed by atoms with Crippen LogP contribution in [0, 0.1) is 0 Å². The first kappa shape index (κ1) is 17.8. The predicted molar refractivity (Wildman–Crippen MR) is 112 cm³/mol. The second-order valence-corrected chi connectivity index (χ2v) is 7.47. The fourth-order valence-corrected chi connectivity index (χ4v) is 4.16. The molecular weight excluding hydrogens is 364 g/mol. The predicted octanol–water partition coefficient (Wildman–Crippen LogP) is 4.36. The van der Waals surface area contributed by atoms with Crippen LogP contribution >= 0.6 is 0 Å². The average Bonchev–Trinajstić information content (AvgIpc) is 3.22. The third kappa shape index (κ3) is 2.95. The van der Waals surface area contributed by atoms with Crippen LogP contribution in [0.1, 0.15) is 18.0 Å². The highest BCUT2D eigenvalue weighted by Gasteiger charge is 2.61. The number of para-hydroxylation sites is 1. The standard InChI is InChI=1S/C24H22N2O3/c1-28-21-14-12-19(13-15-21)25-17-24(23(25)27)16-22(18-8-4-2-5-9-18)26(29-24)20-10-6-3-7-11-20/h2-15,22H,16-17H2,1H3/t22-,24-/m0/s1. The van der Waals surface area contributed by atoms with Crippen molar-refractivity contribution >= 4 is 17.3 Å². The first-order chi connectivity index (χ1) is 14.2. The number of carbonyl (C=O) groups excluding carboxylic acids is 1. The van der Waals surface area contributed by atoms with Crippen LogP contribution in [0.25, 0.3) is 0 Å². The smallest absolute Gasteiger partial charge is 0.264 e. The molecular formula is C24H22N2O3. The SMILES string of the molecule is COc1ccc(N2C[C@@]3(C[C@@H](c4ccccc4)N(c4ccccc4)O3)C2=O)cc1. The van der Waals surface area contributed by atoms with Gasteiger partial charge in [-0.15, -0.1) is 0 Å². The fourth-order valence-electron chi connectivity index (χ4n) is 4.16. The number of ether oxygens (including phenoxy) is 1. The number of hydrogen-bond acceptors (Lipinski definition) is 4. The molecule has 0 N–H and O–H groups in total. The molecule has 2 aliphatic rings. The molecule has 0 radical (unpaired) electrons. The van der Waals surface area contributed by atoms with Crippen molar-refractivity contribution in [2.24, 2.45) is 0 Å². The Morgan fingerprint density at radius 3 is 2.17 bits per heavy atom. The summed E-state index contributed by atoms with van der Waals surface area (Å²) >= 11 is 0. The van der Waals surface area contributed by atoms with Crippen LogP contribution in [0.5, 0.6) is 5.75 Å². The van der Waals surface area contributed by atoms with E-state index < -0.39 is 5.60 Å². The van der Waals surface area contributed by atoms with Crippen molar-refractivity contribution in [2.45, 2.75) is 18.1 Å². The summed E-state index contributed by atoms with van der Waals surface area (Å²) in [7, 11) is 1.63. The summed E-state index contributed by atoms with van der Waals surface area (Å²) in [6, 6.07) is 27.7. The monoisotopic (exact) mass is 386 g/mol. The first-order valence-corrected chi connectivity index (χ1v) is 9.75. The van der Waals surface area contributed by atoms with E-state index in [1.54, 1.807) is 12.0 Å². The lowest BCUT2D eigenvalue weighted by atomic mass is 9.84. The van der Waals surface area contributed by atoms with Crippen LogP contribution in [0.2, 0.25) is 0 Å². The van der Waals surface area contributed by atoms with Gasteiger partial charge in [0, 0.05) is 12.1 Å². The van der Waals surface area contributed by atoms with E-state index in [1.165, 1.54) is 0 Å². The number of methoxy groups -OCH3 is 1. The molecule has 5 rings (SSSR count). The van der Waals surface area contributed by atoms with Crippen molar-refractivity contribution < 1.29 is 14.4 Å². The number of nitrogens with zero attached hydrogens (tertiary/aromatic N) is 2. The lowest BCUT2D eigenvalue weighted by Crippen LogP contribution is -2.67. The van der Waals surface area contributed by atoms with Crippen LogP contribution < -0.4 is 14.7 Å². The fraction of sp³-hybridized carbons (Fsp3) is 0.208. The third-order valence-corrected chi connectivity index (χ3v) is 5.71. The van der Waals surface area contributed by atoms with Crippen molar-refractivity contribution in [1.29, 1.82) is 0 Å². The molecule has 2 saturated heterocycles. The van der Waals surface area contributed by atoms with Gasteiger partial charge in [0.05, 0.1) is 25.4 Å². The van der Waals surface area contributed by atoms with E-state index in [9.17, 15) is 4.79 Å². The summed E-state index contributed by atoms with van der Waals surface area (Å²) in [5.74, 6) is 0.773. The molecule has 0 saturated carbocycles. The van der Waals surface area contributed by atoms with Gasteiger partial charge in [-0.25, -0.2) is 5.06 Å². The van der Waals surface area contributed by atoms with Crippen LogP contribution in [-0.4, -0.2) is 25.2 Å². The van der Waals surface area contributed by atoms with Gasteiger partial charge in [0.2, 0.25) is 0 Å². The molecule has 0 bridgehead atoms. The van der Waals surface area contributed by atoms with Crippen LogP contribution in [0.4, 0.5) is 11.4 Å². The normalized spacial score (nSPS) is 23.3. The maximum atomic E-state index is 13.2. The maximum Gasteiger partial charge on any atom is 0.264 e. The molecule has 0 aliphatic carbocycles. The Morgan fingerprint density at radius 1 is 0.897 bits per heavy atom. The lowest BCUT2D eigenvalue weighted by Gasteiger charge is -2.45. The molecule has 5 nitrogen and oxygen atoms in total. The van der Waals surface area contributed by atoms with Crippen molar-refractivity contribution in [2.75, 3.05) is 23.6 Å². The van der Waals surface area contributed by atoms with Crippen LogP contribution in [0.3, 0.4) is 0 Å². The molecule has 2 atom stereocenters. The molecule has 2 heterocycles. The Hall–Kier alpha value is -3.31. The Labute approximate surface area is 170 Å². The van der Waals surface area contributed by atoms with Crippen molar-refractivity contribution in [1.82, 2.24) is 0 Å². The molecule has 3 aromatic rings. The Bertz CT molecular complexity index is 958. The van der Waals surface area contributed by atoms with Gasteiger partial charge in [-0.3, -0.25) is 9.63 Å². The maximum absolute atomic E-state index is 13.2. The number of β-lactam (4-membered cyclic amide) rings is 1. The highest BCUT2D eigenvalue weighted by molar-refractivity contribution is 6.07. The van der Waals surface area contributed by atoms with E-state index in [2.05, 4.69) is 12.1 Å². The zero-order chi connectivity index (χ0) is 19.8. The second-order valence-electron chi connectivity index (χ2n) is 7.47. The second kappa shape index (κ2) is 6.94. The summed E-state index contributed by atoms with van der Waals surface area (Å²) in [4.78, 5) is 21.4. The van der Waals surface area contributed by atoms with E-state index in [1.807, 2.05) is 77.9 Å². The molecule has 2 aliphatic heterocycles. The largest absolute Gasteiger partial charge is 0.497 e. The van der Waals surface area contributed by atoms with Gasteiger partial charge in [-0.2, -0.15) is 0 Å². The van der Waals surface area contributed by atoms with E-state index >= 15 is 0 Å². The zero-order valence-corrected chi connectivity index (χ0v) is 16.2. The van der Waals surface area contributed by atoms with Crippen molar-refractivity contribution in [3.05, 3.63) is 90.5 Å². The number of hydrogen-bond donors (Lipinski definition) is 0. The molecule has 2 fully saturated rings. The van der Waals surface area contributed by atoms with Gasteiger partial charge in [0.25, 0.3) is 5.91 Å². The summed E-state index contributed by atoms with van der Waals surface area (Å²) in [5.41, 5.74) is 2.13. The highest BCUT2D eigenvalue weighted by Crippen LogP contribution is 2.48. The number of anilines is 2. The van der Waals surface area contributed by atoms with Crippen molar-refractivity contribution in [3.8, 4) is 5.75 Å². The number of carbonyl (C=O) groups is 1. The number of benzene rings is 3. The molecule has 29 heavy (non-hydrogen) atoms. The van der Waals surface area contributed by atoms with Crippen molar-refractivity contribution in [3.63, 3.8) is 0 Å². The minimum atomic E-state index is -0.823. The first-order valence-electron chi connectivity index (χ1n) is 9.75. The quantitative estimate of drug-likeness (QED) is 0.625. The summed E-state index contributed by atoms with van der Waals surface area (Å²) in [6.45, 7) is 0.533. The van der Waals surface area contributed by atoms with E-state index in [0.717, 1.165) is 22.7 Å². The van der Waals surface area contributed by atoms with E-state index in [0.29, 0.717) is 13.0 Å². The average molecular weight is 386 g/mol. The van der Waals surface area contributed by atoms with Gasteiger partial charge < -0.3 is 9.64 Å². The molecule has 0 unspecified atom stereocenters. The number of amides is 1. The van der Waals surface area contributed by atoms with Crippen LogP contribution in [-0.2, 0) is 9.63 Å². The van der Waals surface area contributed by atoms with Gasteiger partial charge in [-0.1, -0.05) is 48.5 Å². The van der Waals surface area contributed by atoms with Crippen LogP contribution in [0.15, 0.2) is 84.9 Å². The highest BCUT2D eigenvalue weighted by atomic mass is 16.7. The number of rotatable bonds is 4. The van der Waals surface area contributed by atoms with Gasteiger partial charge in [0.15, 0.2) is 5.60 Å². The zero-order valence-electron chi connectivity index (χ0n) is 16.2. The number of hydroxylamine groups is 1. The molecule has 0 aromatic heterocycles. The molecule has 146 valence electrons. The van der Waals surface area contributed by atoms with Gasteiger partial charge >= 0.3 is 0 Å². The molecule has 5 heteroatoms. The summed E-state index contributed by atoms with van der Waals surface area (Å²) in [6.07, 6.45) is 0.622. The Balaban J connectivity index is 1.43. The summed E-state index contributed by atoms with van der Waals surface area (Å²) < 4.78 is 5.21. The lowest BCUT2D eigenvalue weighted by molar-refractivity contribution is -0.149. The summed E-state index contributed by atoms with van der Waals surface area (Å²) in [5, 5.41) is 1.90. The van der Waals surface area contributed by atoms with Gasteiger partial charge in [-0.05, 0) is 42.0 Å². The molecule has 1 spiro atoms. The Kier molecular flexibility index (Phi) is 4.25. The van der Waals surface area contributed by atoms with E-state index in [4.69, 9.17) is 9.57 Å². The molecule has 3 aromatic carbocycles. The minimum absolute atomic E-state index is 0.00188. The Morgan fingerprint density at radius 2 is 1.55 bits per heavy atom. The van der Waals surface area contributed by atoms with Gasteiger partial charge in [0.1, 0.15) is 5.75 Å². The molecule has 1 amide bonds. The van der Waals surface area contributed by atoms with E-state index in [-0.39, 0.29) is 11.9 Å². The topological polar surface area (TPSA) is 42.0 Å².